The molecule has 0 spiro atoms. The summed E-state index contributed by atoms with van der Waals surface area (Å²) in [5.74, 6) is 1.92. The standard InChI is InChI=1S/C31H35Cl2N7/c1-3-39(2)20-35-23-8-13-27-29(19-23)38-31(37-27)22-7-12-26-25(18-22)30(34)28(36-26)11-6-21-4-9-24(10-5-21)40(16-14-32)17-15-33/h4-5,7-10,12-13,18-19,34-35H,3,6,11,14-17,20H2,1-2H3,(H,37,38). The van der Waals surface area contributed by atoms with Gasteiger partial charge in [-0.3, -0.25) is 15.3 Å². The summed E-state index contributed by atoms with van der Waals surface area (Å²) in [6.45, 7) is 5.44. The SMILES string of the molecule is CCN(C)CNc1ccc2nc(-c3ccc4c(c3)C(=N)C(CCc3ccc(N(CCCl)CCCl)cc3)=N4)[nH]c2c1. The molecule has 0 bridgehead atoms. The third-order valence-corrected chi connectivity index (χ3v) is 7.66. The number of benzene rings is 3. The Hall–Kier alpha value is -3.39. The number of anilines is 2. The fourth-order valence-corrected chi connectivity index (χ4v) is 5.23. The lowest BCUT2D eigenvalue weighted by Gasteiger charge is -2.23. The third-order valence-electron chi connectivity index (χ3n) is 7.32. The van der Waals surface area contributed by atoms with Crippen molar-refractivity contribution in [1.82, 2.24) is 14.9 Å². The van der Waals surface area contributed by atoms with Gasteiger partial charge in [0.2, 0.25) is 0 Å². The maximum atomic E-state index is 8.82. The van der Waals surface area contributed by atoms with Crippen LogP contribution < -0.4 is 10.2 Å². The Balaban J connectivity index is 1.24. The smallest absolute Gasteiger partial charge is 0.138 e. The van der Waals surface area contributed by atoms with Gasteiger partial charge < -0.3 is 15.2 Å². The van der Waals surface area contributed by atoms with Crippen LogP contribution in [0.3, 0.4) is 0 Å². The molecule has 0 unspecified atom stereocenters. The van der Waals surface area contributed by atoms with E-state index in [1.165, 1.54) is 5.56 Å². The maximum absolute atomic E-state index is 8.82. The van der Waals surface area contributed by atoms with Crippen LogP contribution in [0, 0.1) is 5.41 Å². The van der Waals surface area contributed by atoms with Crippen LogP contribution in [0.4, 0.5) is 17.1 Å². The van der Waals surface area contributed by atoms with Crippen molar-refractivity contribution in [2.75, 3.05) is 55.3 Å². The van der Waals surface area contributed by atoms with Crippen LogP contribution in [0.2, 0.25) is 0 Å². The summed E-state index contributed by atoms with van der Waals surface area (Å²) in [5, 5.41) is 12.3. The summed E-state index contributed by atoms with van der Waals surface area (Å²) in [5.41, 5.74) is 9.24. The fraction of sp³-hybridized carbons (Fsp3) is 0.323. The minimum absolute atomic E-state index is 0.492. The van der Waals surface area contributed by atoms with Gasteiger partial charge in [0.25, 0.3) is 0 Å². The Morgan fingerprint density at radius 2 is 1.73 bits per heavy atom. The predicted octanol–water partition coefficient (Wildman–Crippen LogP) is 6.92. The minimum Gasteiger partial charge on any atom is -0.372 e. The number of aromatic amines is 1. The van der Waals surface area contributed by atoms with Gasteiger partial charge in [0, 0.05) is 47.4 Å². The van der Waals surface area contributed by atoms with E-state index in [1.807, 2.05) is 24.3 Å². The average molecular weight is 577 g/mol. The van der Waals surface area contributed by atoms with Crippen molar-refractivity contribution in [2.24, 2.45) is 4.99 Å². The van der Waals surface area contributed by atoms with Crippen molar-refractivity contribution in [2.45, 2.75) is 19.8 Å². The Labute approximate surface area is 245 Å². The zero-order valence-corrected chi connectivity index (χ0v) is 24.5. The summed E-state index contributed by atoms with van der Waals surface area (Å²) in [4.78, 5) is 17.4. The number of nitrogens with zero attached hydrogens (tertiary/aromatic N) is 4. The molecule has 0 saturated heterocycles. The first kappa shape index (κ1) is 28.1. The minimum atomic E-state index is 0.492. The zero-order valence-electron chi connectivity index (χ0n) is 23.0. The second-order valence-electron chi connectivity index (χ2n) is 10.0. The number of alkyl halides is 2. The summed E-state index contributed by atoms with van der Waals surface area (Å²) < 4.78 is 0. The van der Waals surface area contributed by atoms with Crippen molar-refractivity contribution in [1.29, 1.82) is 5.41 Å². The number of halogens is 2. The number of rotatable bonds is 13. The number of aliphatic imine (C=N–C) groups is 1. The van der Waals surface area contributed by atoms with Gasteiger partial charge in [-0.05, 0) is 80.5 Å². The van der Waals surface area contributed by atoms with Crippen molar-refractivity contribution < 1.29 is 0 Å². The molecule has 0 fully saturated rings. The quantitative estimate of drug-likeness (QED) is 0.119. The van der Waals surface area contributed by atoms with E-state index in [2.05, 4.69) is 70.5 Å². The molecule has 3 aromatic carbocycles. The molecular weight excluding hydrogens is 541 g/mol. The largest absolute Gasteiger partial charge is 0.372 e. The molecule has 0 amide bonds. The molecule has 7 nitrogen and oxygen atoms in total. The highest BCUT2D eigenvalue weighted by Gasteiger charge is 2.22. The number of aromatic nitrogens is 2. The fourth-order valence-electron chi connectivity index (χ4n) is 4.82. The van der Waals surface area contributed by atoms with Crippen LogP contribution in [0.15, 0.2) is 65.7 Å². The molecule has 40 heavy (non-hydrogen) atoms. The molecule has 0 saturated carbocycles. The van der Waals surface area contributed by atoms with Crippen LogP contribution >= 0.6 is 23.2 Å². The van der Waals surface area contributed by atoms with E-state index in [0.29, 0.717) is 23.9 Å². The Bertz CT molecular complexity index is 1500. The highest BCUT2D eigenvalue weighted by molar-refractivity contribution is 6.51. The van der Waals surface area contributed by atoms with E-state index in [9.17, 15) is 0 Å². The van der Waals surface area contributed by atoms with Gasteiger partial charge in [-0.2, -0.15) is 0 Å². The first-order chi connectivity index (χ1) is 19.5. The van der Waals surface area contributed by atoms with Gasteiger partial charge in [-0.15, -0.1) is 23.2 Å². The summed E-state index contributed by atoms with van der Waals surface area (Å²) in [6.07, 6.45) is 1.53. The van der Waals surface area contributed by atoms with Gasteiger partial charge in [0.1, 0.15) is 5.82 Å². The number of hydrogen-bond acceptors (Lipinski definition) is 6. The number of nitrogens with one attached hydrogen (secondary N) is 3. The van der Waals surface area contributed by atoms with Gasteiger partial charge in [0.15, 0.2) is 0 Å². The molecule has 5 rings (SSSR count). The normalized spacial score (nSPS) is 12.7. The molecule has 3 N–H and O–H groups in total. The molecule has 1 aromatic heterocycles. The molecule has 0 radical (unpaired) electrons. The van der Waals surface area contributed by atoms with Crippen LogP contribution in [0.5, 0.6) is 0 Å². The Kier molecular flexibility index (Phi) is 9.04. The lowest BCUT2D eigenvalue weighted by molar-refractivity contribution is 0.379. The van der Waals surface area contributed by atoms with Gasteiger partial charge in [0.05, 0.1) is 34.8 Å². The second-order valence-corrected chi connectivity index (χ2v) is 10.8. The average Bonchev–Trinajstić information content (AvgIpc) is 3.55. The van der Waals surface area contributed by atoms with E-state index >= 15 is 0 Å². The van der Waals surface area contributed by atoms with Crippen LogP contribution in [0.25, 0.3) is 22.4 Å². The second kappa shape index (κ2) is 12.9. The highest BCUT2D eigenvalue weighted by Crippen LogP contribution is 2.32. The molecule has 2 heterocycles. The lowest BCUT2D eigenvalue weighted by atomic mass is 10.00. The van der Waals surface area contributed by atoms with Crippen LogP contribution in [-0.4, -0.2) is 71.4 Å². The molecule has 0 aliphatic carbocycles. The maximum Gasteiger partial charge on any atom is 0.138 e. The third kappa shape index (κ3) is 6.33. The topological polar surface area (TPSA) is 83.4 Å². The predicted molar refractivity (Wildman–Crippen MR) is 171 cm³/mol. The zero-order chi connectivity index (χ0) is 28.1. The van der Waals surface area contributed by atoms with E-state index in [-0.39, 0.29) is 0 Å². The highest BCUT2D eigenvalue weighted by atomic mass is 35.5. The first-order valence-corrected chi connectivity index (χ1v) is 14.7. The van der Waals surface area contributed by atoms with Crippen LogP contribution in [0.1, 0.15) is 24.5 Å². The Morgan fingerprint density at radius 1 is 0.950 bits per heavy atom. The number of H-pyrrole nitrogens is 1. The Morgan fingerprint density at radius 3 is 2.45 bits per heavy atom. The van der Waals surface area contributed by atoms with Gasteiger partial charge in [-0.25, -0.2) is 4.98 Å². The number of hydrogen-bond donors (Lipinski definition) is 3. The molecule has 9 heteroatoms. The van der Waals surface area contributed by atoms with E-state index in [0.717, 1.165) is 83.5 Å². The molecule has 0 atom stereocenters. The van der Waals surface area contributed by atoms with Crippen LogP contribution in [-0.2, 0) is 6.42 Å². The molecular formula is C31H35Cl2N7. The van der Waals surface area contributed by atoms with Crippen molar-refractivity contribution in [3.8, 4) is 11.4 Å². The molecule has 1 aliphatic heterocycles. The molecule has 1 aliphatic rings. The molecule has 4 aromatic rings. The number of aryl methyl sites for hydroxylation is 1. The summed E-state index contributed by atoms with van der Waals surface area (Å²) >= 11 is 11.9. The number of imidazole rings is 1. The number of fused-ring (bicyclic) bond motifs is 2. The van der Waals surface area contributed by atoms with Gasteiger partial charge >= 0.3 is 0 Å². The van der Waals surface area contributed by atoms with E-state index in [1.54, 1.807) is 0 Å². The van der Waals surface area contributed by atoms with Crippen molar-refractivity contribution >= 4 is 62.7 Å². The van der Waals surface area contributed by atoms with Gasteiger partial charge in [-0.1, -0.05) is 19.1 Å². The molecule has 208 valence electrons. The summed E-state index contributed by atoms with van der Waals surface area (Å²) in [6, 6.07) is 20.7. The first-order valence-electron chi connectivity index (χ1n) is 13.7. The van der Waals surface area contributed by atoms with E-state index in [4.69, 9.17) is 38.6 Å². The van der Waals surface area contributed by atoms with Crippen molar-refractivity contribution in [3.05, 3.63) is 71.8 Å². The monoisotopic (exact) mass is 575 g/mol. The van der Waals surface area contributed by atoms with Crippen molar-refractivity contribution in [3.63, 3.8) is 0 Å². The van der Waals surface area contributed by atoms with E-state index < -0.39 is 0 Å². The lowest BCUT2D eigenvalue weighted by Crippen LogP contribution is -2.27. The summed E-state index contributed by atoms with van der Waals surface area (Å²) in [7, 11) is 2.08.